The molecule has 0 aliphatic heterocycles. The van der Waals surface area contributed by atoms with E-state index in [2.05, 4.69) is 18.4 Å². The van der Waals surface area contributed by atoms with Gasteiger partial charge in [0.25, 0.3) is 0 Å². The summed E-state index contributed by atoms with van der Waals surface area (Å²) in [6.07, 6.45) is 1.12. The highest BCUT2D eigenvalue weighted by atomic mass is 32.1. The van der Waals surface area contributed by atoms with Gasteiger partial charge in [0.05, 0.1) is 12.1 Å². The number of rotatable bonds is 5. The number of thiophene rings is 1. The largest absolute Gasteiger partial charge is 0.377 e. The molecule has 0 bridgehead atoms. The standard InChI is InChI=1S/C10H17NOS/c1-3-9(12-4-2)10(11)8-5-6-13-7-8/h5-7,9-10H,3-4,11H2,1-2H3. The van der Waals surface area contributed by atoms with Crippen LogP contribution in [-0.2, 0) is 4.74 Å². The van der Waals surface area contributed by atoms with E-state index in [9.17, 15) is 0 Å². The monoisotopic (exact) mass is 199 g/mol. The van der Waals surface area contributed by atoms with Crippen LogP contribution in [0.15, 0.2) is 16.8 Å². The number of nitrogens with two attached hydrogens (primary N) is 1. The van der Waals surface area contributed by atoms with Crippen LogP contribution < -0.4 is 5.73 Å². The van der Waals surface area contributed by atoms with E-state index in [-0.39, 0.29) is 12.1 Å². The first-order valence-electron chi connectivity index (χ1n) is 4.68. The Morgan fingerprint density at radius 1 is 1.54 bits per heavy atom. The van der Waals surface area contributed by atoms with E-state index in [1.54, 1.807) is 11.3 Å². The van der Waals surface area contributed by atoms with Crippen molar-refractivity contribution in [2.24, 2.45) is 5.73 Å². The smallest absolute Gasteiger partial charge is 0.0765 e. The fourth-order valence-electron chi connectivity index (χ4n) is 1.37. The lowest BCUT2D eigenvalue weighted by Crippen LogP contribution is -2.28. The zero-order valence-electron chi connectivity index (χ0n) is 8.19. The van der Waals surface area contributed by atoms with E-state index >= 15 is 0 Å². The molecule has 0 aliphatic carbocycles. The van der Waals surface area contributed by atoms with Crippen molar-refractivity contribution < 1.29 is 4.74 Å². The molecule has 2 nitrogen and oxygen atoms in total. The van der Waals surface area contributed by atoms with Crippen molar-refractivity contribution in [2.45, 2.75) is 32.4 Å². The van der Waals surface area contributed by atoms with Gasteiger partial charge in [0.1, 0.15) is 0 Å². The van der Waals surface area contributed by atoms with Gasteiger partial charge in [0.2, 0.25) is 0 Å². The van der Waals surface area contributed by atoms with Crippen molar-refractivity contribution in [3.05, 3.63) is 22.4 Å². The van der Waals surface area contributed by atoms with Crippen molar-refractivity contribution in [3.8, 4) is 0 Å². The maximum Gasteiger partial charge on any atom is 0.0765 e. The zero-order chi connectivity index (χ0) is 9.68. The average Bonchev–Trinajstić information content (AvgIpc) is 2.65. The molecule has 0 spiro atoms. The van der Waals surface area contributed by atoms with Crippen molar-refractivity contribution in [1.29, 1.82) is 0 Å². The molecule has 74 valence electrons. The first kappa shape index (κ1) is 10.7. The first-order valence-corrected chi connectivity index (χ1v) is 5.63. The molecular weight excluding hydrogens is 182 g/mol. The highest BCUT2D eigenvalue weighted by molar-refractivity contribution is 7.07. The van der Waals surface area contributed by atoms with Crippen LogP contribution in [-0.4, -0.2) is 12.7 Å². The second-order valence-electron chi connectivity index (χ2n) is 2.98. The molecule has 1 aromatic rings. The summed E-state index contributed by atoms with van der Waals surface area (Å²) in [5.74, 6) is 0. The molecule has 13 heavy (non-hydrogen) atoms. The second kappa shape index (κ2) is 5.37. The third kappa shape index (κ3) is 2.79. The molecule has 1 rings (SSSR count). The van der Waals surface area contributed by atoms with Crippen LogP contribution in [0, 0.1) is 0 Å². The SMILES string of the molecule is CCOC(CC)C(N)c1ccsc1. The van der Waals surface area contributed by atoms with Gasteiger partial charge >= 0.3 is 0 Å². The Kier molecular flexibility index (Phi) is 4.42. The van der Waals surface area contributed by atoms with Gasteiger partial charge in [-0.05, 0) is 35.7 Å². The lowest BCUT2D eigenvalue weighted by Gasteiger charge is -2.21. The lowest BCUT2D eigenvalue weighted by molar-refractivity contribution is 0.0414. The fraction of sp³-hybridized carbons (Fsp3) is 0.600. The van der Waals surface area contributed by atoms with E-state index in [1.807, 2.05) is 12.3 Å². The Balaban J connectivity index is 2.58. The van der Waals surface area contributed by atoms with Crippen molar-refractivity contribution in [1.82, 2.24) is 0 Å². The van der Waals surface area contributed by atoms with Gasteiger partial charge in [-0.15, -0.1) is 0 Å². The van der Waals surface area contributed by atoms with E-state index in [4.69, 9.17) is 10.5 Å². The highest BCUT2D eigenvalue weighted by Crippen LogP contribution is 2.21. The van der Waals surface area contributed by atoms with E-state index in [0.29, 0.717) is 0 Å². The molecule has 2 atom stereocenters. The first-order chi connectivity index (χ1) is 6.29. The molecule has 0 radical (unpaired) electrons. The van der Waals surface area contributed by atoms with Crippen LogP contribution in [0.4, 0.5) is 0 Å². The molecule has 0 amide bonds. The summed E-state index contributed by atoms with van der Waals surface area (Å²) in [5, 5.41) is 4.14. The van der Waals surface area contributed by atoms with Crippen LogP contribution >= 0.6 is 11.3 Å². The molecule has 1 heterocycles. The van der Waals surface area contributed by atoms with Crippen LogP contribution in [0.1, 0.15) is 31.9 Å². The molecule has 0 fully saturated rings. The van der Waals surface area contributed by atoms with Gasteiger partial charge in [0.15, 0.2) is 0 Å². The summed E-state index contributed by atoms with van der Waals surface area (Å²) in [7, 11) is 0. The topological polar surface area (TPSA) is 35.2 Å². The molecule has 0 aromatic carbocycles. The van der Waals surface area contributed by atoms with Gasteiger partial charge in [-0.2, -0.15) is 11.3 Å². The summed E-state index contributed by atoms with van der Waals surface area (Å²) in [6.45, 7) is 4.84. The third-order valence-electron chi connectivity index (χ3n) is 2.11. The Morgan fingerprint density at radius 2 is 2.31 bits per heavy atom. The normalized spacial score (nSPS) is 15.6. The Hall–Kier alpha value is -0.380. The van der Waals surface area contributed by atoms with Gasteiger partial charge in [-0.25, -0.2) is 0 Å². The summed E-state index contributed by atoms with van der Waals surface area (Å²) in [6, 6.07) is 2.09. The predicted octanol–water partition coefficient (Wildman–Crippen LogP) is 2.56. The van der Waals surface area contributed by atoms with E-state index in [0.717, 1.165) is 13.0 Å². The molecule has 0 saturated heterocycles. The maximum absolute atomic E-state index is 6.06. The molecule has 1 aromatic heterocycles. The quantitative estimate of drug-likeness (QED) is 0.791. The van der Waals surface area contributed by atoms with Crippen molar-refractivity contribution >= 4 is 11.3 Å². The summed E-state index contributed by atoms with van der Waals surface area (Å²) < 4.78 is 5.56. The Morgan fingerprint density at radius 3 is 2.77 bits per heavy atom. The number of hydrogen-bond acceptors (Lipinski definition) is 3. The second-order valence-corrected chi connectivity index (χ2v) is 3.76. The minimum Gasteiger partial charge on any atom is -0.377 e. The number of hydrogen-bond donors (Lipinski definition) is 1. The maximum atomic E-state index is 6.06. The molecule has 3 heteroatoms. The van der Waals surface area contributed by atoms with E-state index in [1.165, 1.54) is 5.56 Å². The zero-order valence-corrected chi connectivity index (χ0v) is 9.01. The summed E-state index contributed by atoms with van der Waals surface area (Å²) in [4.78, 5) is 0. The van der Waals surface area contributed by atoms with Crippen LogP contribution in [0.5, 0.6) is 0 Å². The molecule has 2 unspecified atom stereocenters. The fourth-order valence-corrected chi connectivity index (χ4v) is 2.08. The van der Waals surface area contributed by atoms with E-state index < -0.39 is 0 Å². The minimum atomic E-state index is 0.0243. The van der Waals surface area contributed by atoms with Gasteiger partial charge in [0, 0.05) is 6.61 Å². The molecule has 2 N–H and O–H groups in total. The summed E-state index contributed by atoms with van der Waals surface area (Å²) in [5.41, 5.74) is 7.25. The Labute approximate surface area is 83.7 Å². The average molecular weight is 199 g/mol. The minimum absolute atomic E-state index is 0.0243. The van der Waals surface area contributed by atoms with Crippen molar-refractivity contribution in [3.63, 3.8) is 0 Å². The molecule has 0 aliphatic rings. The van der Waals surface area contributed by atoms with Crippen LogP contribution in [0.3, 0.4) is 0 Å². The summed E-state index contributed by atoms with van der Waals surface area (Å²) >= 11 is 1.68. The predicted molar refractivity (Wildman–Crippen MR) is 57.0 cm³/mol. The highest BCUT2D eigenvalue weighted by Gasteiger charge is 2.17. The Bertz CT molecular complexity index is 223. The van der Waals surface area contributed by atoms with Crippen LogP contribution in [0.2, 0.25) is 0 Å². The van der Waals surface area contributed by atoms with Crippen LogP contribution in [0.25, 0.3) is 0 Å². The molecule has 0 saturated carbocycles. The van der Waals surface area contributed by atoms with Gasteiger partial charge < -0.3 is 10.5 Å². The van der Waals surface area contributed by atoms with Gasteiger partial charge in [-0.3, -0.25) is 0 Å². The number of ether oxygens (including phenoxy) is 1. The lowest BCUT2D eigenvalue weighted by atomic mass is 10.0. The van der Waals surface area contributed by atoms with Gasteiger partial charge in [-0.1, -0.05) is 6.92 Å². The third-order valence-corrected chi connectivity index (χ3v) is 2.81. The molecular formula is C10H17NOS. The van der Waals surface area contributed by atoms with Crippen molar-refractivity contribution in [2.75, 3.05) is 6.61 Å².